The maximum atomic E-state index is 10.9. The molecule has 0 spiro atoms. The standard InChI is InChI=1S/C9H9ClO3/c1-2-9(12)13-8-5-6(10)3-4-7(8)11/h3-5,11H,2H2,1H3. The third kappa shape index (κ3) is 2.63. The van der Waals surface area contributed by atoms with Crippen LogP contribution in [0.3, 0.4) is 0 Å². The molecule has 0 bridgehead atoms. The lowest BCUT2D eigenvalue weighted by molar-refractivity contribution is -0.134. The molecule has 0 aliphatic carbocycles. The summed E-state index contributed by atoms with van der Waals surface area (Å²) in [5.74, 6) is -0.400. The van der Waals surface area contributed by atoms with Crippen molar-refractivity contribution in [1.82, 2.24) is 0 Å². The minimum atomic E-state index is -0.405. The molecule has 0 saturated heterocycles. The summed E-state index contributed by atoms with van der Waals surface area (Å²) in [6, 6.07) is 4.28. The maximum absolute atomic E-state index is 10.9. The van der Waals surface area contributed by atoms with Crippen LogP contribution >= 0.6 is 11.6 Å². The Labute approximate surface area is 80.9 Å². The van der Waals surface area contributed by atoms with Crippen molar-refractivity contribution >= 4 is 17.6 Å². The lowest BCUT2D eigenvalue weighted by Crippen LogP contribution is -2.05. The van der Waals surface area contributed by atoms with Crippen LogP contribution in [0.25, 0.3) is 0 Å². The summed E-state index contributed by atoms with van der Waals surface area (Å²) in [6.07, 6.45) is 0.256. The molecule has 0 fully saturated rings. The Hall–Kier alpha value is -1.22. The van der Waals surface area contributed by atoms with Crippen molar-refractivity contribution in [2.24, 2.45) is 0 Å². The van der Waals surface area contributed by atoms with Crippen molar-refractivity contribution in [1.29, 1.82) is 0 Å². The first-order valence-electron chi connectivity index (χ1n) is 3.82. The largest absolute Gasteiger partial charge is 0.504 e. The number of halogens is 1. The molecule has 1 rings (SSSR count). The molecule has 0 aliphatic heterocycles. The van der Waals surface area contributed by atoms with Crippen LogP contribution in [0, 0.1) is 0 Å². The summed E-state index contributed by atoms with van der Waals surface area (Å²) in [5, 5.41) is 9.66. The van der Waals surface area contributed by atoms with Crippen molar-refractivity contribution in [3.05, 3.63) is 23.2 Å². The normalized spacial score (nSPS) is 9.69. The van der Waals surface area contributed by atoms with Crippen LogP contribution in [0.5, 0.6) is 11.5 Å². The van der Waals surface area contributed by atoms with Crippen LogP contribution in [0.1, 0.15) is 13.3 Å². The van der Waals surface area contributed by atoms with E-state index in [2.05, 4.69) is 0 Å². The van der Waals surface area contributed by atoms with E-state index in [-0.39, 0.29) is 17.9 Å². The van der Waals surface area contributed by atoms with Crippen molar-refractivity contribution < 1.29 is 14.6 Å². The van der Waals surface area contributed by atoms with Gasteiger partial charge in [0.2, 0.25) is 0 Å². The van der Waals surface area contributed by atoms with Gasteiger partial charge in [-0.05, 0) is 12.1 Å². The highest BCUT2D eigenvalue weighted by Gasteiger charge is 2.06. The molecule has 1 aromatic carbocycles. The van der Waals surface area contributed by atoms with E-state index in [0.29, 0.717) is 5.02 Å². The van der Waals surface area contributed by atoms with Gasteiger partial charge in [-0.1, -0.05) is 18.5 Å². The number of benzene rings is 1. The number of rotatable bonds is 2. The predicted octanol–water partition coefficient (Wildman–Crippen LogP) is 2.36. The van der Waals surface area contributed by atoms with Gasteiger partial charge in [0.05, 0.1) is 0 Å². The summed E-state index contributed by atoms with van der Waals surface area (Å²) >= 11 is 5.64. The average Bonchev–Trinajstić information content (AvgIpc) is 2.11. The predicted molar refractivity (Wildman–Crippen MR) is 49.0 cm³/mol. The molecular weight excluding hydrogens is 192 g/mol. The first kappa shape index (κ1) is 9.86. The number of ether oxygens (including phenoxy) is 1. The Morgan fingerprint density at radius 2 is 2.31 bits per heavy atom. The Bertz CT molecular complexity index is 323. The number of esters is 1. The first-order valence-corrected chi connectivity index (χ1v) is 4.20. The van der Waals surface area contributed by atoms with Gasteiger partial charge in [0, 0.05) is 17.5 Å². The number of aromatic hydroxyl groups is 1. The lowest BCUT2D eigenvalue weighted by atomic mass is 10.3. The third-order valence-electron chi connectivity index (χ3n) is 1.43. The SMILES string of the molecule is CCC(=O)Oc1cc(Cl)ccc1O. The van der Waals surface area contributed by atoms with E-state index in [0.717, 1.165) is 0 Å². The van der Waals surface area contributed by atoms with E-state index in [1.165, 1.54) is 18.2 Å². The zero-order chi connectivity index (χ0) is 9.84. The number of phenols is 1. The topological polar surface area (TPSA) is 46.5 Å². The van der Waals surface area contributed by atoms with Crippen LogP contribution in [0.2, 0.25) is 5.02 Å². The second kappa shape index (κ2) is 4.14. The van der Waals surface area contributed by atoms with Crippen molar-refractivity contribution in [3.63, 3.8) is 0 Å². The third-order valence-corrected chi connectivity index (χ3v) is 1.67. The fraction of sp³-hybridized carbons (Fsp3) is 0.222. The number of carbonyl (C=O) groups excluding carboxylic acids is 1. The highest BCUT2D eigenvalue weighted by molar-refractivity contribution is 6.30. The number of hydrogen-bond donors (Lipinski definition) is 1. The fourth-order valence-electron chi connectivity index (χ4n) is 0.765. The molecule has 0 heterocycles. The van der Waals surface area contributed by atoms with Gasteiger partial charge in [0.15, 0.2) is 11.5 Å². The van der Waals surface area contributed by atoms with E-state index in [9.17, 15) is 9.90 Å². The molecule has 0 aliphatic rings. The highest BCUT2D eigenvalue weighted by atomic mass is 35.5. The van der Waals surface area contributed by atoms with Crippen LogP contribution in [0.15, 0.2) is 18.2 Å². The molecule has 0 saturated carbocycles. The van der Waals surface area contributed by atoms with Gasteiger partial charge >= 0.3 is 5.97 Å². The van der Waals surface area contributed by atoms with Crippen LogP contribution in [0.4, 0.5) is 0 Å². The van der Waals surface area contributed by atoms with Gasteiger partial charge < -0.3 is 9.84 Å². The Balaban J connectivity index is 2.87. The Kier molecular flexibility index (Phi) is 3.14. The summed E-state index contributed by atoms with van der Waals surface area (Å²) in [6.45, 7) is 1.67. The van der Waals surface area contributed by atoms with Crippen LogP contribution in [-0.2, 0) is 4.79 Å². The van der Waals surface area contributed by atoms with E-state index in [4.69, 9.17) is 16.3 Å². The number of hydrogen-bond acceptors (Lipinski definition) is 3. The first-order chi connectivity index (χ1) is 6.13. The zero-order valence-corrected chi connectivity index (χ0v) is 7.84. The second-order valence-electron chi connectivity index (χ2n) is 2.44. The molecule has 0 unspecified atom stereocenters. The molecule has 3 nitrogen and oxygen atoms in total. The molecule has 0 aromatic heterocycles. The summed E-state index contributed by atoms with van der Waals surface area (Å²) in [5.41, 5.74) is 0. The van der Waals surface area contributed by atoms with Gasteiger partial charge in [0.1, 0.15) is 0 Å². The van der Waals surface area contributed by atoms with Gasteiger partial charge in [0.25, 0.3) is 0 Å². The number of phenolic OH excluding ortho intramolecular Hbond substituents is 1. The number of carbonyl (C=O) groups is 1. The quantitative estimate of drug-likeness (QED) is 0.589. The van der Waals surface area contributed by atoms with E-state index < -0.39 is 5.97 Å². The monoisotopic (exact) mass is 200 g/mol. The van der Waals surface area contributed by atoms with Crippen LogP contribution in [-0.4, -0.2) is 11.1 Å². The molecule has 70 valence electrons. The van der Waals surface area contributed by atoms with Gasteiger partial charge in [-0.25, -0.2) is 0 Å². The van der Waals surface area contributed by atoms with E-state index >= 15 is 0 Å². The summed E-state index contributed by atoms with van der Waals surface area (Å²) < 4.78 is 4.80. The van der Waals surface area contributed by atoms with Crippen molar-refractivity contribution in [3.8, 4) is 11.5 Å². The van der Waals surface area contributed by atoms with Crippen LogP contribution < -0.4 is 4.74 Å². The molecule has 13 heavy (non-hydrogen) atoms. The van der Waals surface area contributed by atoms with E-state index in [1.807, 2.05) is 0 Å². The fourth-order valence-corrected chi connectivity index (χ4v) is 0.927. The molecule has 0 amide bonds. The lowest BCUT2D eigenvalue weighted by Gasteiger charge is -2.04. The van der Waals surface area contributed by atoms with Gasteiger partial charge in [-0.2, -0.15) is 0 Å². The summed E-state index contributed by atoms with van der Waals surface area (Å²) in [4.78, 5) is 10.9. The molecule has 1 aromatic rings. The van der Waals surface area contributed by atoms with Gasteiger partial charge in [-0.3, -0.25) is 4.79 Å². The molecule has 0 atom stereocenters. The minimum Gasteiger partial charge on any atom is -0.504 e. The van der Waals surface area contributed by atoms with E-state index in [1.54, 1.807) is 6.92 Å². The Morgan fingerprint density at radius 3 is 2.92 bits per heavy atom. The maximum Gasteiger partial charge on any atom is 0.311 e. The molecule has 1 N–H and O–H groups in total. The van der Waals surface area contributed by atoms with Gasteiger partial charge in [-0.15, -0.1) is 0 Å². The van der Waals surface area contributed by atoms with Crippen molar-refractivity contribution in [2.45, 2.75) is 13.3 Å². The summed E-state index contributed by atoms with van der Waals surface area (Å²) in [7, 11) is 0. The highest BCUT2D eigenvalue weighted by Crippen LogP contribution is 2.29. The minimum absolute atomic E-state index is 0.0915. The molecule has 0 radical (unpaired) electrons. The second-order valence-corrected chi connectivity index (χ2v) is 2.88. The molecule has 4 heteroatoms. The van der Waals surface area contributed by atoms with Crippen molar-refractivity contribution in [2.75, 3.05) is 0 Å². The Morgan fingerprint density at radius 1 is 1.62 bits per heavy atom. The smallest absolute Gasteiger partial charge is 0.311 e. The molecular formula is C9H9ClO3. The average molecular weight is 201 g/mol. The zero-order valence-electron chi connectivity index (χ0n) is 7.08.